The lowest BCUT2D eigenvalue weighted by atomic mass is 9.79. The lowest BCUT2D eigenvalue weighted by Gasteiger charge is -2.30. The molecule has 0 bridgehead atoms. The standard InChI is InChI=1S/C27H29ClFN3O5/c1-16(33)23-14-24(32-31-23)25(34)30-20(15-27(2,26(35)36)10-11-37-3)12-17-4-6-18(7-5-17)21-13-19(28)8-9-22(21)29/h4-9,13-14,20H,10-12,15H2,1-3H3,(H,30,34)(H,31,32)(H,35,36)/t20-,27?/m1/s1. The number of nitrogens with zero attached hydrogens (tertiary/aromatic N) is 1. The molecular weight excluding hydrogens is 501 g/mol. The van der Waals surface area contributed by atoms with E-state index in [0.717, 1.165) is 5.56 Å². The number of ketones is 1. The molecule has 196 valence electrons. The maximum atomic E-state index is 14.3. The van der Waals surface area contributed by atoms with Gasteiger partial charge in [-0.15, -0.1) is 0 Å². The van der Waals surface area contributed by atoms with Crippen LogP contribution in [0.3, 0.4) is 0 Å². The van der Waals surface area contributed by atoms with Crippen molar-refractivity contribution < 1.29 is 28.6 Å². The summed E-state index contributed by atoms with van der Waals surface area (Å²) >= 11 is 6.02. The minimum atomic E-state index is -1.17. The zero-order chi connectivity index (χ0) is 27.2. The van der Waals surface area contributed by atoms with Gasteiger partial charge in [-0.1, -0.05) is 35.9 Å². The summed E-state index contributed by atoms with van der Waals surface area (Å²) in [6.45, 7) is 3.20. The number of amides is 1. The number of halogens is 2. The number of hydrogen-bond donors (Lipinski definition) is 3. The summed E-state index contributed by atoms with van der Waals surface area (Å²) in [5.41, 5.74) is 0.856. The van der Waals surface area contributed by atoms with Crippen molar-refractivity contribution in [2.45, 2.75) is 39.2 Å². The molecule has 0 aliphatic rings. The number of ether oxygens (including phenoxy) is 1. The number of carbonyl (C=O) groups is 3. The molecule has 2 aromatic carbocycles. The molecule has 0 fully saturated rings. The molecule has 0 saturated carbocycles. The fraction of sp³-hybridized carbons (Fsp3) is 0.333. The van der Waals surface area contributed by atoms with E-state index in [1.807, 2.05) is 0 Å². The molecule has 1 amide bonds. The van der Waals surface area contributed by atoms with E-state index >= 15 is 0 Å². The van der Waals surface area contributed by atoms with Gasteiger partial charge in [0, 0.05) is 37.3 Å². The van der Waals surface area contributed by atoms with E-state index in [4.69, 9.17) is 16.3 Å². The van der Waals surface area contributed by atoms with E-state index in [1.54, 1.807) is 37.3 Å². The largest absolute Gasteiger partial charge is 0.481 e. The third-order valence-electron chi connectivity index (χ3n) is 6.27. The molecule has 3 aromatic rings. The van der Waals surface area contributed by atoms with Gasteiger partial charge in [-0.3, -0.25) is 19.5 Å². The van der Waals surface area contributed by atoms with Crippen LogP contribution in [0.5, 0.6) is 0 Å². The fourth-order valence-corrected chi connectivity index (χ4v) is 4.22. The first kappa shape index (κ1) is 28.0. The third kappa shape index (κ3) is 7.24. The normalized spacial score (nSPS) is 13.5. The van der Waals surface area contributed by atoms with Crippen molar-refractivity contribution in [3.63, 3.8) is 0 Å². The van der Waals surface area contributed by atoms with Crippen molar-refractivity contribution in [1.82, 2.24) is 15.5 Å². The molecule has 10 heteroatoms. The number of hydrogen-bond acceptors (Lipinski definition) is 5. The maximum Gasteiger partial charge on any atom is 0.309 e. The topological polar surface area (TPSA) is 121 Å². The SMILES string of the molecule is COCCC(C)(C[C@@H](Cc1ccc(-c2cc(Cl)ccc2F)cc1)NC(=O)c1cc(C(C)=O)n[nH]1)C(=O)O. The van der Waals surface area contributed by atoms with Crippen LogP contribution in [0, 0.1) is 11.2 Å². The Morgan fingerprint density at radius 2 is 1.89 bits per heavy atom. The predicted molar refractivity (Wildman–Crippen MR) is 137 cm³/mol. The number of aromatic amines is 1. The molecule has 37 heavy (non-hydrogen) atoms. The lowest BCUT2D eigenvalue weighted by Crippen LogP contribution is -2.43. The van der Waals surface area contributed by atoms with Gasteiger partial charge >= 0.3 is 5.97 Å². The molecule has 0 aliphatic heterocycles. The molecule has 0 spiro atoms. The van der Waals surface area contributed by atoms with Crippen LogP contribution in [0.4, 0.5) is 4.39 Å². The van der Waals surface area contributed by atoms with Crippen LogP contribution < -0.4 is 5.32 Å². The van der Waals surface area contributed by atoms with Crippen molar-refractivity contribution in [2.75, 3.05) is 13.7 Å². The maximum absolute atomic E-state index is 14.3. The van der Waals surface area contributed by atoms with E-state index in [2.05, 4.69) is 15.5 Å². The number of carboxylic acids is 1. The smallest absolute Gasteiger partial charge is 0.309 e. The lowest BCUT2D eigenvalue weighted by molar-refractivity contribution is -0.149. The second-order valence-corrected chi connectivity index (χ2v) is 9.67. The number of carbonyl (C=O) groups excluding carboxylic acids is 2. The molecule has 1 unspecified atom stereocenters. The van der Waals surface area contributed by atoms with Crippen molar-refractivity contribution in [3.05, 3.63) is 76.3 Å². The number of H-pyrrole nitrogens is 1. The van der Waals surface area contributed by atoms with Gasteiger partial charge in [-0.25, -0.2) is 4.39 Å². The third-order valence-corrected chi connectivity index (χ3v) is 6.50. The monoisotopic (exact) mass is 529 g/mol. The summed E-state index contributed by atoms with van der Waals surface area (Å²) in [4.78, 5) is 36.6. The molecule has 1 heterocycles. The summed E-state index contributed by atoms with van der Waals surface area (Å²) in [7, 11) is 1.50. The molecule has 0 saturated heterocycles. The molecule has 8 nitrogen and oxygen atoms in total. The van der Waals surface area contributed by atoms with Gasteiger partial charge in [0.25, 0.3) is 5.91 Å². The Morgan fingerprint density at radius 3 is 2.49 bits per heavy atom. The van der Waals surface area contributed by atoms with Crippen LogP contribution in [0.1, 0.15) is 53.2 Å². The van der Waals surface area contributed by atoms with Crippen LogP contribution in [-0.2, 0) is 16.0 Å². The quantitative estimate of drug-likeness (QED) is 0.286. The first-order chi connectivity index (χ1) is 17.5. The number of methoxy groups -OCH3 is 1. The van der Waals surface area contributed by atoms with Crippen molar-refractivity contribution >= 4 is 29.3 Å². The van der Waals surface area contributed by atoms with Crippen molar-refractivity contribution in [1.29, 1.82) is 0 Å². The molecule has 0 radical (unpaired) electrons. The first-order valence-electron chi connectivity index (χ1n) is 11.7. The second-order valence-electron chi connectivity index (χ2n) is 9.23. The summed E-state index contributed by atoms with van der Waals surface area (Å²) in [5, 5.41) is 19.6. The van der Waals surface area contributed by atoms with Gasteiger partial charge in [-0.2, -0.15) is 5.10 Å². The molecular formula is C27H29ClFN3O5. The Bertz CT molecular complexity index is 1280. The Kier molecular flexibility index (Phi) is 9.18. The summed E-state index contributed by atoms with van der Waals surface area (Å²) in [6.07, 6.45) is 0.681. The number of rotatable bonds is 12. The van der Waals surface area contributed by atoms with E-state index < -0.39 is 29.2 Å². The van der Waals surface area contributed by atoms with Gasteiger partial charge in [0.15, 0.2) is 5.78 Å². The van der Waals surface area contributed by atoms with E-state index in [1.165, 1.54) is 32.2 Å². The molecule has 3 N–H and O–H groups in total. The highest BCUT2D eigenvalue weighted by Crippen LogP contribution is 2.31. The van der Waals surface area contributed by atoms with Crippen LogP contribution >= 0.6 is 11.6 Å². The summed E-state index contributed by atoms with van der Waals surface area (Å²) in [5.74, 6) is -2.21. The minimum absolute atomic E-state index is 0.0934. The number of aliphatic carboxylic acids is 1. The Hall–Kier alpha value is -3.56. The molecule has 3 rings (SSSR count). The van der Waals surface area contributed by atoms with Gasteiger partial charge < -0.3 is 15.2 Å². The highest BCUT2D eigenvalue weighted by atomic mass is 35.5. The number of nitrogens with one attached hydrogen (secondary N) is 2. The molecule has 0 aliphatic carbocycles. The van der Waals surface area contributed by atoms with Gasteiger partial charge in [0.2, 0.25) is 0 Å². The van der Waals surface area contributed by atoms with Crippen molar-refractivity contribution in [2.24, 2.45) is 5.41 Å². The highest BCUT2D eigenvalue weighted by molar-refractivity contribution is 6.30. The molecule has 1 aromatic heterocycles. The average Bonchev–Trinajstić information content (AvgIpc) is 3.36. The van der Waals surface area contributed by atoms with Crippen LogP contribution in [0.15, 0.2) is 48.5 Å². The van der Waals surface area contributed by atoms with Crippen LogP contribution in [0.25, 0.3) is 11.1 Å². The summed E-state index contributed by atoms with van der Waals surface area (Å²) < 4.78 is 19.4. The Labute approximate surface area is 219 Å². The fourth-order valence-electron chi connectivity index (χ4n) is 4.05. The van der Waals surface area contributed by atoms with E-state index in [0.29, 0.717) is 22.6 Å². The number of benzene rings is 2. The zero-order valence-electron chi connectivity index (χ0n) is 20.8. The Balaban J connectivity index is 1.86. The molecule has 2 atom stereocenters. The first-order valence-corrected chi connectivity index (χ1v) is 12.0. The summed E-state index contributed by atoms with van der Waals surface area (Å²) in [6, 6.07) is 12.2. The number of aromatic nitrogens is 2. The second kappa shape index (κ2) is 12.1. The average molecular weight is 530 g/mol. The van der Waals surface area contributed by atoms with Crippen LogP contribution in [-0.4, -0.2) is 52.7 Å². The van der Waals surface area contributed by atoms with Crippen molar-refractivity contribution in [3.8, 4) is 11.1 Å². The van der Waals surface area contributed by atoms with E-state index in [-0.39, 0.29) is 36.6 Å². The number of Topliss-reactive ketones (excluding diaryl/α,β-unsaturated/α-hetero) is 1. The predicted octanol–water partition coefficient (Wildman–Crippen LogP) is 4.93. The Morgan fingerprint density at radius 1 is 1.19 bits per heavy atom. The van der Waals surface area contributed by atoms with Gasteiger partial charge in [0.05, 0.1) is 5.41 Å². The zero-order valence-corrected chi connectivity index (χ0v) is 21.6. The van der Waals surface area contributed by atoms with Gasteiger partial charge in [0.1, 0.15) is 17.2 Å². The number of carboxylic acid groups (broad SMARTS) is 1. The van der Waals surface area contributed by atoms with Gasteiger partial charge in [-0.05, 0) is 61.6 Å². The van der Waals surface area contributed by atoms with Crippen LogP contribution in [0.2, 0.25) is 5.02 Å². The minimum Gasteiger partial charge on any atom is -0.481 e. The highest BCUT2D eigenvalue weighted by Gasteiger charge is 2.36. The van der Waals surface area contributed by atoms with E-state index in [9.17, 15) is 23.9 Å².